The molecule has 83 heavy (non-hydrogen) atoms. The van der Waals surface area contributed by atoms with Gasteiger partial charge in [0.15, 0.2) is 0 Å². The lowest BCUT2D eigenvalue weighted by Gasteiger charge is -2.25. The molecule has 0 aliphatic carbocycles. The number of amides is 1. The number of nitrogens with one attached hydrogen (secondary N) is 1. The van der Waals surface area contributed by atoms with Gasteiger partial charge in [0.05, 0.1) is 39.9 Å². The third-order valence-corrected chi connectivity index (χ3v) is 16.2. The number of rotatable bonds is 63. The molecule has 8 nitrogen and oxygen atoms in total. The molecule has 3 atom stereocenters. The van der Waals surface area contributed by atoms with Gasteiger partial charge in [0.25, 0.3) is 0 Å². The van der Waals surface area contributed by atoms with E-state index in [9.17, 15) is 19.4 Å². The average molecular weight is 1180 g/mol. The van der Waals surface area contributed by atoms with Crippen molar-refractivity contribution >= 4 is 13.7 Å². The molecule has 0 rings (SSSR count). The van der Waals surface area contributed by atoms with Crippen LogP contribution in [0.15, 0.2) is 109 Å². The van der Waals surface area contributed by atoms with Crippen LogP contribution in [0.2, 0.25) is 0 Å². The molecular weight excluding hydrogens is 1040 g/mol. The minimum absolute atomic E-state index is 0.0577. The molecule has 0 aliphatic heterocycles. The van der Waals surface area contributed by atoms with E-state index in [1.165, 1.54) is 193 Å². The van der Waals surface area contributed by atoms with Gasteiger partial charge in [-0.3, -0.25) is 13.8 Å². The van der Waals surface area contributed by atoms with Gasteiger partial charge in [0.2, 0.25) is 5.91 Å². The smallest absolute Gasteiger partial charge is 0.387 e. The number of unbranched alkanes of at least 4 members (excludes halogenated alkanes) is 34. The van der Waals surface area contributed by atoms with Crippen LogP contribution in [0.25, 0.3) is 0 Å². The number of likely N-dealkylation sites (N-methyl/N-ethyl adjacent to an activating group) is 1. The van der Waals surface area contributed by atoms with Crippen molar-refractivity contribution in [2.45, 2.75) is 315 Å². The quantitative estimate of drug-likeness (QED) is 0.0243. The Labute approximate surface area is 514 Å². The molecule has 3 N–H and O–H groups in total. The summed E-state index contributed by atoms with van der Waals surface area (Å²) in [5, 5.41) is 14.0. The number of nitrogens with zero attached hydrogens (tertiary/aromatic N) is 1. The molecular formula is C74H134N2O6P+. The molecule has 0 saturated carbocycles. The highest BCUT2D eigenvalue weighted by atomic mass is 31.2. The second-order valence-corrected chi connectivity index (χ2v) is 26.0. The maximum absolute atomic E-state index is 13.1. The van der Waals surface area contributed by atoms with Gasteiger partial charge in [0.1, 0.15) is 13.2 Å². The number of aliphatic hydroxyl groups excluding tert-OH is 1. The normalized spacial score (nSPS) is 14.3. The van der Waals surface area contributed by atoms with E-state index in [1.807, 2.05) is 27.2 Å². The third-order valence-electron chi connectivity index (χ3n) is 15.2. The van der Waals surface area contributed by atoms with Crippen LogP contribution >= 0.6 is 7.82 Å². The Balaban J connectivity index is 4.10. The van der Waals surface area contributed by atoms with Crippen LogP contribution in [0.3, 0.4) is 0 Å². The first-order chi connectivity index (χ1) is 40.5. The van der Waals surface area contributed by atoms with Gasteiger partial charge in [-0.15, -0.1) is 0 Å². The highest BCUT2D eigenvalue weighted by Gasteiger charge is 2.28. The maximum Gasteiger partial charge on any atom is 0.472 e. The Hall–Kier alpha value is -2.84. The Kier molecular flexibility index (Phi) is 61.5. The van der Waals surface area contributed by atoms with E-state index in [4.69, 9.17) is 9.05 Å². The Morgan fingerprint density at radius 3 is 1.06 bits per heavy atom. The van der Waals surface area contributed by atoms with Crippen molar-refractivity contribution in [3.05, 3.63) is 109 Å². The maximum atomic E-state index is 13.1. The number of hydrogen-bond acceptors (Lipinski definition) is 5. The molecule has 0 aromatic carbocycles. The summed E-state index contributed by atoms with van der Waals surface area (Å²) in [5.41, 5.74) is 0. The lowest BCUT2D eigenvalue weighted by molar-refractivity contribution is -0.870. The number of carbonyl (C=O) groups is 1. The van der Waals surface area contributed by atoms with Crippen LogP contribution in [0.4, 0.5) is 0 Å². The molecule has 0 saturated heterocycles. The topological polar surface area (TPSA) is 105 Å². The van der Waals surface area contributed by atoms with Gasteiger partial charge in [-0.2, -0.15) is 0 Å². The summed E-state index contributed by atoms with van der Waals surface area (Å²) in [4.78, 5) is 23.4. The molecule has 3 unspecified atom stereocenters. The van der Waals surface area contributed by atoms with E-state index in [0.717, 1.165) is 89.9 Å². The van der Waals surface area contributed by atoms with Crippen molar-refractivity contribution < 1.29 is 32.9 Å². The summed E-state index contributed by atoms with van der Waals surface area (Å²) in [6.45, 7) is 4.73. The van der Waals surface area contributed by atoms with E-state index >= 15 is 0 Å². The fourth-order valence-corrected chi connectivity index (χ4v) is 10.6. The van der Waals surface area contributed by atoms with Crippen molar-refractivity contribution in [3.8, 4) is 0 Å². The number of hydrogen-bond donors (Lipinski definition) is 3. The Morgan fingerprint density at radius 2 is 0.723 bits per heavy atom. The van der Waals surface area contributed by atoms with Gasteiger partial charge in [-0.05, 0) is 83.5 Å². The van der Waals surface area contributed by atoms with Gasteiger partial charge in [-0.25, -0.2) is 4.57 Å². The first-order valence-electron chi connectivity index (χ1n) is 34.8. The minimum Gasteiger partial charge on any atom is -0.387 e. The summed E-state index contributed by atoms with van der Waals surface area (Å²) >= 11 is 0. The Bertz CT molecular complexity index is 1720. The van der Waals surface area contributed by atoms with Crippen LogP contribution in [0.1, 0.15) is 303 Å². The molecule has 0 aliphatic rings. The van der Waals surface area contributed by atoms with Crippen LogP contribution in [-0.4, -0.2) is 73.4 Å². The van der Waals surface area contributed by atoms with Crippen molar-refractivity contribution in [1.29, 1.82) is 0 Å². The largest absolute Gasteiger partial charge is 0.472 e. The Morgan fingerprint density at radius 1 is 0.422 bits per heavy atom. The molecule has 0 radical (unpaired) electrons. The molecule has 0 aromatic rings. The lowest BCUT2D eigenvalue weighted by atomic mass is 10.0. The fourth-order valence-electron chi connectivity index (χ4n) is 9.88. The zero-order valence-corrected chi connectivity index (χ0v) is 55.8. The lowest BCUT2D eigenvalue weighted by Crippen LogP contribution is -2.45. The summed E-state index contributed by atoms with van der Waals surface area (Å²) in [6, 6.07) is -0.855. The van der Waals surface area contributed by atoms with Crippen LogP contribution < -0.4 is 5.32 Å². The van der Waals surface area contributed by atoms with Crippen LogP contribution in [0, 0.1) is 0 Å². The third kappa shape index (κ3) is 66.5. The molecule has 480 valence electrons. The van der Waals surface area contributed by atoms with E-state index in [2.05, 4.69) is 116 Å². The van der Waals surface area contributed by atoms with Gasteiger partial charge in [0, 0.05) is 6.42 Å². The van der Waals surface area contributed by atoms with Crippen LogP contribution in [-0.2, 0) is 18.4 Å². The number of quaternary nitrogens is 1. The number of phosphoric ester groups is 1. The first-order valence-corrected chi connectivity index (χ1v) is 36.3. The zero-order chi connectivity index (χ0) is 60.5. The molecule has 0 heterocycles. The molecule has 9 heteroatoms. The van der Waals surface area contributed by atoms with E-state index < -0.39 is 20.0 Å². The minimum atomic E-state index is -4.36. The standard InChI is InChI=1S/C74H133N2O6P/c1-6-8-10-12-14-16-18-20-22-24-26-28-30-32-33-34-35-36-37-38-39-40-41-42-43-44-46-48-50-52-54-56-58-60-62-64-66-68-74(78)75-72(71-82-83(79,80)81-70-69-76(3,4)5)73(77)67-65-63-61-59-57-55-53-51-49-47-45-31-29-27-25-23-21-19-17-15-13-11-9-7-2/h8,10,14,16,20,22,26,28,32-33,35-36,38-39,41-42,65,67,72-73,77H,6-7,9,11-13,15,17-19,21,23-25,27,29-31,34,37,40,43-64,66,68-71H2,1-5H3,(H-,75,78,79,80)/p+1/b10-8-,16-14-,22-20-,28-26-,33-32-,36-35-,39-38-,42-41-,67-65+. The van der Waals surface area contributed by atoms with Gasteiger partial charge in [-0.1, -0.05) is 322 Å². The summed E-state index contributed by atoms with van der Waals surface area (Å²) in [6.07, 6.45) is 93.6. The van der Waals surface area contributed by atoms with Crippen LogP contribution in [0.5, 0.6) is 0 Å². The average Bonchev–Trinajstić information content (AvgIpc) is 3.50. The van der Waals surface area contributed by atoms with Crippen molar-refractivity contribution in [1.82, 2.24) is 5.32 Å². The van der Waals surface area contributed by atoms with Crippen molar-refractivity contribution in [2.75, 3.05) is 40.9 Å². The second-order valence-electron chi connectivity index (χ2n) is 24.5. The van der Waals surface area contributed by atoms with Gasteiger partial charge >= 0.3 is 7.82 Å². The van der Waals surface area contributed by atoms with Crippen molar-refractivity contribution in [2.24, 2.45) is 0 Å². The summed E-state index contributed by atoms with van der Waals surface area (Å²) in [5.74, 6) is -0.180. The molecule has 1 amide bonds. The second kappa shape index (κ2) is 63.7. The molecule has 0 fully saturated rings. The first kappa shape index (κ1) is 80.2. The zero-order valence-electron chi connectivity index (χ0n) is 54.9. The summed E-state index contributed by atoms with van der Waals surface area (Å²) in [7, 11) is 1.57. The van der Waals surface area contributed by atoms with E-state index in [0.29, 0.717) is 17.4 Å². The number of allylic oxidation sites excluding steroid dienone is 17. The van der Waals surface area contributed by atoms with E-state index in [-0.39, 0.29) is 19.1 Å². The number of carbonyl (C=O) groups excluding carboxylic acids is 1. The monoisotopic (exact) mass is 1180 g/mol. The highest BCUT2D eigenvalue weighted by molar-refractivity contribution is 7.47. The van der Waals surface area contributed by atoms with Crippen molar-refractivity contribution in [3.63, 3.8) is 0 Å². The molecule has 0 spiro atoms. The van der Waals surface area contributed by atoms with Gasteiger partial charge < -0.3 is 19.8 Å². The van der Waals surface area contributed by atoms with E-state index in [1.54, 1.807) is 6.08 Å². The molecule has 0 bridgehead atoms. The molecule has 0 aromatic heterocycles. The fraction of sp³-hybridized carbons (Fsp3) is 0.743. The number of aliphatic hydroxyl groups is 1. The predicted molar refractivity (Wildman–Crippen MR) is 364 cm³/mol. The summed E-state index contributed by atoms with van der Waals surface area (Å²) < 4.78 is 23.8. The SMILES string of the molecule is CC/C=C\C/C=C\C/C=C\C/C=C\C/C=C\C/C=C\C/C=C\C/C=C\CCCCCCCCCCCCCCC(=O)NC(COP(=O)(O)OCC[N+](C)(C)C)C(O)/C=C/CCCCCCCCCCCCCCCCCCCCCCCC. The highest BCUT2D eigenvalue weighted by Crippen LogP contribution is 2.43. The predicted octanol–water partition coefficient (Wildman–Crippen LogP) is 22.3. The number of phosphoric acid groups is 1.